The molecule has 0 aromatic heterocycles. The Labute approximate surface area is 64.7 Å². The van der Waals surface area contributed by atoms with Gasteiger partial charge in [-0.3, -0.25) is 0 Å². The van der Waals surface area contributed by atoms with Crippen molar-refractivity contribution in [2.24, 2.45) is 0 Å². The molecule has 52 valence electrons. The second-order valence-corrected chi connectivity index (χ2v) is 8.00. The molecule has 0 amide bonds. The Morgan fingerprint density at radius 3 is 1.67 bits per heavy atom. The van der Waals surface area contributed by atoms with Crippen LogP contribution in [0.5, 0.6) is 0 Å². The van der Waals surface area contributed by atoms with Crippen LogP contribution in [0.15, 0.2) is 0 Å². The third kappa shape index (κ3) is 1.17. The molecule has 5 heteroatoms. The molecule has 2 rings (SSSR count). The van der Waals surface area contributed by atoms with Crippen LogP contribution in [0.1, 0.15) is 0 Å². The fraction of sp³-hybridized carbons (Fsp3) is 1.00. The summed E-state index contributed by atoms with van der Waals surface area (Å²) in [6.07, 6.45) is 0. The van der Waals surface area contributed by atoms with E-state index in [-0.39, 0.29) is 0 Å². The van der Waals surface area contributed by atoms with Crippen molar-refractivity contribution in [3.8, 4) is 0 Å². The first-order chi connectivity index (χ1) is 4.21. The number of hydrogen-bond acceptors (Lipinski definition) is 1. The minimum Gasteiger partial charge on any atom is -0.249 e. The lowest BCUT2D eigenvalue weighted by Crippen LogP contribution is -1.96. The molecule has 2 aliphatic rings. The van der Waals surface area contributed by atoms with Crippen LogP contribution in [-0.2, 0) is 11.8 Å². The smallest absolute Gasteiger partial charge is 0.164 e. The van der Waals surface area contributed by atoms with Crippen molar-refractivity contribution in [1.82, 2.24) is 9.34 Å². The van der Waals surface area contributed by atoms with Crippen molar-refractivity contribution in [3.63, 3.8) is 0 Å². The molecular weight excluding hydrogens is 175 g/mol. The van der Waals surface area contributed by atoms with E-state index in [1.165, 1.54) is 0 Å². The van der Waals surface area contributed by atoms with Crippen LogP contribution in [0, 0.1) is 0 Å². The highest BCUT2D eigenvalue weighted by Gasteiger charge is 2.41. The van der Waals surface area contributed by atoms with Crippen molar-refractivity contribution in [2.75, 3.05) is 26.2 Å². The Morgan fingerprint density at radius 1 is 1.11 bits per heavy atom. The van der Waals surface area contributed by atoms with Crippen molar-refractivity contribution in [3.05, 3.63) is 0 Å². The van der Waals surface area contributed by atoms with E-state index < -0.39 is 5.69 Å². The van der Waals surface area contributed by atoms with Crippen LogP contribution in [-0.4, -0.2) is 35.5 Å². The van der Waals surface area contributed by atoms with Crippen LogP contribution in [0.3, 0.4) is 0 Å². The van der Waals surface area contributed by atoms with E-state index in [4.69, 9.17) is 23.0 Å². The van der Waals surface area contributed by atoms with Crippen molar-refractivity contribution >= 4 is 28.7 Å². The first-order valence-corrected chi connectivity index (χ1v) is 6.63. The minimum absolute atomic E-state index is 1.12. The standard InChI is InChI=1S/C4H8ClN2PS/c5-8(9,6-1-2-6)7-3-4-7/h1-4H2. The molecule has 0 aromatic rings. The van der Waals surface area contributed by atoms with E-state index in [0.717, 1.165) is 26.2 Å². The van der Waals surface area contributed by atoms with E-state index in [0.29, 0.717) is 0 Å². The lowest BCUT2D eigenvalue weighted by atomic mass is 11.0. The summed E-state index contributed by atoms with van der Waals surface area (Å²) in [7, 11) is 0. The van der Waals surface area contributed by atoms with E-state index in [1.54, 1.807) is 0 Å². The zero-order valence-corrected chi connectivity index (χ0v) is 7.42. The van der Waals surface area contributed by atoms with Gasteiger partial charge in [0, 0.05) is 26.2 Å². The van der Waals surface area contributed by atoms with Gasteiger partial charge in [-0.05, 0) is 11.8 Å². The maximum atomic E-state index is 6.11. The molecule has 9 heavy (non-hydrogen) atoms. The lowest BCUT2D eigenvalue weighted by Gasteiger charge is -2.14. The van der Waals surface area contributed by atoms with Gasteiger partial charge in [0.25, 0.3) is 0 Å². The zero-order valence-electron chi connectivity index (χ0n) is 4.96. The molecular formula is C4H8ClN2PS. The highest BCUT2D eigenvalue weighted by Crippen LogP contribution is 2.64. The monoisotopic (exact) mass is 182 g/mol. The maximum Gasteiger partial charge on any atom is 0.164 e. The largest absolute Gasteiger partial charge is 0.249 e. The maximum absolute atomic E-state index is 6.11. The Hall–Kier alpha value is 0.860. The average Bonchev–Trinajstić information content (AvgIpc) is 2.62. The third-order valence-electron chi connectivity index (χ3n) is 1.54. The van der Waals surface area contributed by atoms with E-state index >= 15 is 0 Å². The van der Waals surface area contributed by atoms with Gasteiger partial charge in [0.05, 0.1) is 0 Å². The molecule has 0 unspecified atom stereocenters. The first kappa shape index (κ1) is 6.56. The topological polar surface area (TPSA) is 6.02 Å². The van der Waals surface area contributed by atoms with Crippen LogP contribution in [0.4, 0.5) is 0 Å². The molecule has 2 aliphatic heterocycles. The minimum atomic E-state index is -1.64. The second kappa shape index (κ2) is 1.93. The SMILES string of the molecule is S=P(Cl)(N1CC1)N1CC1. The molecule has 0 spiro atoms. The molecule has 0 aromatic carbocycles. The summed E-state index contributed by atoms with van der Waals surface area (Å²) in [4.78, 5) is 0. The molecule has 0 saturated carbocycles. The van der Waals surface area contributed by atoms with Gasteiger partial charge < -0.3 is 0 Å². The first-order valence-electron chi connectivity index (χ1n) is 3.02. The van der Waals surface area contributed by atoms with Gasteiger partial charge in [-0.2, -0.15) is 0 Å². The Bertz CT molecular complexity index is 161. The summed E-state index contributed by atoms with van der Waals surface area (Å²) in [6.45, 7) is 4.49. The van der Waals surface area contributed by atoms with Gasteiger partial charge in [0.15, 0.2) is 5.69 Å². The molecule has 0 aliphatic carbocycles. The molecule has 0 radical (unpaired) electrons. The summed E-state index contributed by atoms with van der Waals surface area (Å²) >= 11 is 11.4. The number of nitrogens with zero attached hydrogens (tertiary/aromatic N) is 2. The van der Waals surface area contributed by atoms with Gasteiger partial charge in [-0.25, -0.2) is 9.34 Å². The van der Waals surface area contributed by atoms with Gasteiger partial charge in [0.2, 0.25) is 0 Å². The highest BCUT2D eigenvalue weighted by atomic mass is 35.7. The molecule has 2 saturated heterocycles. The van der Waals surface area contributed by atoms with Gasteiger partial charge >= 0.3 is 0 Å². The fourth-order valence-electron chi connectivity index (χ4n) is 0.762. The average molecular weight is 183 g/mol. The van der Waals surface area contributed by atoms with Crippen LogP contribution < -0.4 is 0 Å². The highest BCUT2D eigenvalue weighted by molar-refractivity contribution is 8.24. The predicted octanol–water partition coefficient (Wildman–Crippen LogP) is 1.08. The second-order valence-electron chi connectivity index (χ2n) is 2.38. The molecule has 2 fully saturated rings. The number of rotatable bonds is 2. The Balaban J connectivity index is 2.10. The van der Waals surface area contributed by atoms with Crippen molar-refractivity contribution in [2.45, 2.75) is 0 Å². The molecule has 0 bridgehead atoms. The van der Waals surface area contributed by atoms with Gasteiger partial charge in [-0.15, -0.1) is 0 Å². The quantitative estimate of drug-likeness (QED) is 0.466. The van der Waals surface area contributed by atoms with Crippen LogP contribution in [0.2, 0.25) is 0 Å². The summed E-state index contributed by atoms with van der Waals surface area (Å²) in [5, 5.41) is 0. The number of hydrogen-bond donors (Lipinski definition) is 0. The van der Waals surface area contributed by atoms with Gasteiger partial charge in [-0.1, -0.05) is 11.2 Å². The number of halogens is 1. The predicted molar refractivity (Wildman–Crippen MR) is 43.3 cm³/mol. The summed E-state index contributed by atoms with van der Waals surface area (Å²) in [5.41, 5.74) is -1.64. The Kier molecular flexibility index (Phi) is 1.40. The van der Waals surface area contributed by atoms with Gasteiger partial charge in [0.1, 0.15) is 0 Å². The molecule has 0 N–H and O–H groups in total. The molecule has 0 atom stereocenters. The van der Waals surface area contributed by atoms with E-state index in [1.807, 2.05) is 0 Å². The normalized spacial score (nSPS) is 28.6. The summed E-state index contributed by atoms with van der Waals surface area (Å²) < 4.78 is 4.38. The van der Waals surface area contributed by atoms with Crippen molar-refractivity contribution < 1.29 is 0 Å². The summed E-state index contributed by atoms with van der Waals surface area (Å²) in [5.74, 6) is 0. The molecule has 2 heterocycles. The van der Waals surface area contributed by atoms with E-state index in [9.17, 15) is 0 Å². The summed E-state index contributed by atoms with van der Waals surface area (Å²) in [6, 6.07) is 0. The zero-order chi connectivity index (χ0) is 6.48. The van der Waals surface area contributed by atoms with E-state index in [2.05, 4.69) is 9.34 Å². The lowest BCUT2D eigenvalue weighted by molar-refractivity contribution is 0.816. The van der Waals surface area contributed by atoms with Crippen LogP contribution in [0.25, 0.3) is 0 Å². The molecule has 2 nitrogen and oxygen atoms in total. The van der Waals surface area contributed by atoms with Crippen LogP contribution >= 0.6 is 16.9 Å². The van der Waals surface area contributed by atoms with Crippen molar-refractivity contribution in [1.29, 1.82) is 0 Å². The third-order valence-corrected chi connectivity index (χ3v) is 6.41. The Morgan fingerprint density at radius 2 is 1.44 bits per heavy atom. The fourth-order valence-corrected chi connectivity index (χ4v) is 4.17.